The normalized spacial score (nSPS) is 23.3. The van der Waals surface area contributed by atoms with Crippen molar-refractivity contribution in [2.45, 2.75) is 44.4 Å². The molecular formula is C24H26ClN5O6S2. The lowest BCUT2D eigenvalue weighted by Crippen LogP contribution is -2.24. The van der Waals surface area contributed by atoms with Crippen molar-refractivity contribution in [2.75, 3.05) is 18.5 Å². The van der Waals surface area contributed by atoms with Gasteiger partial charge in [0.05, 0.1) is 35.5 Å². The van der Waals surface area contributed by atoms with Crippen LogP contribution in [0.25, 0.3) is 0 Å². The third kappa shape index (κ3) is 5.88. The number of fused-ring (bicyclic) bond motifs is 1. The van der Waals surface area contributed by atoms with Gasteiger partial charge >= 0.3 is 10.3 Å². The van der Waals surface area contributed by atoms with Crippen molar-refractivity contribution < 1.29 is 27.2 Å². The summed E-state index contributed by atoms with van der Waals surface area (Å²) in [6, 6.07) is 5.28. The Kier molecular flexibility index (Phi) is 7.78. The van der Waals surface area contributed by atoms with Crippen LogP contribution in [0.15, 0.2) is 30.7 Å². The maximum Gasteiger partial charge on any atom is 0.333 e. The monoisotopic (exact) mass is 579 g/mol. The third-order valence-corrected chi connectivity index (χ3v) is 8.49. The zero-order valence-corrected chi connectivity index (χ0v) is 22.7. The van der Waals surface area contributed by atoms with Gasteiger partial charge in [-0.25, -0.2) is 20.1 Å². The van der Waals surface area contributed by atoms with Gasteiger partial charge in [-0.2, -0.15) is 8.42 Å². The highest BCUT2D eigenvalue weighted by molar-refractivity contribution is 7.84. The third-order valence-electron chi connectivity index (χ3n) is 6.75. The van der Waals surface area contributed by atoms with Crippen LogP contribution >= 0.6 is 22.9 Å². The van der Waals surface area contributed by atoms with E-state index in [4.69, 9.17) is 21.5 Å². The standard InChI is InChI=1S/C24H26ClN5O6S2/c1-12-16(23-21-13(4-5-35-23)2-3-20(25)30-21)8-19(37-12)22(32)17-9-27-11-28-24(17)29-15-6-14(18(31)7-15)10-36-38(26,33)34/h2-3,8-9,11,14-15,18,23,31H,4-7,10H2,1H3,(H2,26,33,34)(H,27,28,29)/t14-,15-,18+,23?/m1/s1. The number of hydrogen-bond acceptors (Lipinski definition) is 11. The fourth-order valence-electron chi connectivity index (χ4n) is 4.91. The molecule has 4 atom stereocenters. The number of anilines is 1. The van der Waals surface area contributed by atoms with Crippen LogP contribution in [0.2, 0.25) is 5.15 Å². The minimum atomic E-state index is -4.10. The maximum atomic E-state index is 13.6. The first kappa shape index (κ1) is 27.1. The molecule has 0 aromatic carbocycles. The number of ether oxygens (including phenoxy) is 1. The summed E-state index contributed by atoms with van der Waals surface area (Å²) in [5.41, 5.74) is 2.97. The molecule has 5 rings (SSSR count). The topological polar surface area (TPSA) is 167 Å². The quantitative estimate of drug-likeness (QED) is 0.266. The van der Waals surface area contributed by atoms with Crippen molar-refractivity contribution in [1.82, 2.24) is 15.0 Å². The number of nitrogens with zero attached hydrogens (tertiary/aromatic N) is 3. The first-order valence-corrected chi connectivity index (χ1v) is 14.6. The fraction of sp³-hybridized carbons (Fsp3) is 0.417. The Labute approximate surface area is 228 Å². The van der Waals surface area contributed by atoms with E-state index in [2.05, 4.69) is 24.5 Å². The van der Waals surface area contributed by atoms with E-state index in [0.717, 1.165) is 28.1 Å². The highest BCUT2D eigenvalue weighted by Gasteiger charge is 2.35. The van der Waals surface area contributed by atoms with Gasteiger partial charge in [-0.3, -0.25) is 8.98 Å². The fourth-order valence-corrected chi connectivity index (χ4v) is 6.43. The number of halogens is 1. The molecular weight excluding hydrogens is 554 g/mol. The molecule has 4 N–H and O–H groups in total. The number of carbonyl (C=O) groups is 1. The van der Waals surface area contributed by atoms with Crippen LogP contribution in [0.1, 0.15) is 55.9 Å². The van der Waals surface area contributed by atoms with Gasteiger partial charge in [-0.15, -0.1) is 11.3 Å². The first-order valence-electron chi connectivity index (χ1n) is 11.9. The maximum absolute atomic E-state index is 13.6. The van der Waals surface area contributed by atoms with Gasteiger partial charge in [0.15, 0.2) is 0 Å². The summed E-state index contributed by atoms with van der Waals surface area (Å²) in [4.78, 5) is 27.8. The van der Waals surface area contributed by atoms with E-state index >= 15 is 0 Å². The molecule has 1 unspecified atom stereocenters. The van der Waals surface area contributed by atoms with Crippen molar-refractivity contribution in [1.29, 1.82) is 0 Å². The van der Waals surface area contributed by atoms with E-state index in [1.165, 1.54) is 23.9 Å². The van der Waals surface area contributed by atoms with E-state index in [1.807, 2.05) is 19.1 Å². The number of hydrogen-bond donors (Lipinski definition) is 3. The average molecular weight is 580 g/mol. The first-order chi connectivity index (χ1) is 18.1. The number of carbonyl (C=O) groups excluding carboxylic acids is 1. The largest absolute Gasteiger partial charge is 0.393 e. The summed E-state index contributed by atoms with van der Waals surface area (Å²) < 4.78 is 32.9. The highest BCUT2D eigenvalue weighted by Crippen LogP contribution is 2.38. The van der Waals surface area contributed by atoms with Crippen molar-refractivity contribution in [3.8, 4) is 0 Å². The molecule has 1 aliphatic carbocycles. The lowest BCUT2D eigenvalue weighted by Gasteiger charge is -2.25. The van der Waals surface area contributed by atoms with Crippen LogP contribution in [0, 0.1) is 12.8 Å². The van der Waals surface area contributed by atoms with Gasteiger partial charge < -0.3 is 15.2 Å². The van der Waals surface area contributed by atoms with E-state index in [-0.39, 0.29) is 24.0 Å². The van der Waals surface area contributed by atoms with Crippen LogP contribution in [-0.4, -0.2) is 59.6 Å². The molecule has 0 saturated heterocycles. The van der Waals surface area contributed by atoms with Crippen LogP contribution in [0.5, 0.6) is 0 Å². The molecule has 0 spiro atoms. The number of nitrogens with one attached hydrogen (secondary N) is 1. The van der Waals surface area contributed by atoms with Gasteiger partial charge in [-0.1, -0.05) is 17.7 Å². The molecule has 2 aliphatic rings. The van der Waals surface area contributed by atoms with Crippen molar-refractivity contribution >= 4 is 44.8 Å². The summed E-state index contributed by atoms with van der Waals surface area (Å²) in [7, 11) is -4.10. The predicted molar refractivity (Wildman–Crippen MR) is 140 cm³/mol. The van der Waals surface area contributed by atoms with Gasteiger partial charge in [0, 0.05) is 28.6 Å². The minimum absolute atomic E-state index is 0.225. The second-order valence-corrected chi connectivity index (χ2v) is 12.2. The zero-order chi connectivity index (χ0) is 27.0. The number of aliphatic hydroxyl groups is 1. The molecule has 3 aromatic heterocycles. The van der Waals surface area contributed by atoms with Crippen LogP contribution in [-0.2, 0) is 25.6 Å². The SMILES string of the molecule is Cc1sc(C(=O)c2cncnc2N[C@@H]2C[C@H](COS(N)(=O)=O)[C@@H](O)C2)cc1C1OCCc2ccc(Cl)nc21. The summed E-state index contributed by atoms with van der Waals surface area (Å²) in [5, 5.41) is 18.8. The number of thiophene rings is 1. The number of aliphatic hydroxyl groups excluding tert-OH is 1. The Morgan fingerprint density at radius 1 is 1.37 bits per heavy atom. The molecule has 202 valence electrons. The van der Waals surface area contributed by atoms with Crippen molar-refractivity contribution in [2.24, 2.45) is 11.1 Å². The predicted octanol–water partition coefficient (Wildman–Crippen LogP) is 2.56. The molecule has 11 nitrogen and oxygen atoms in total. The number of rotatable bonds is 8. The molecule has 1 aliphatic heterocycles. The summed E-state index contributed by atoms with van der Waals surface area (Å²) >= 11 is 7.51. The van der Waals surface area contributed by atoms with Gasteiger partial charge in [0.1, 0.15) is 23.4 Å². The van der Waals surface area contributed by atoms with Crippen LogP contribution in [0.4, 0.5) is 5.82 Å². The molecule has 0 radical (unpaired) electrons. The lowest BCUT2D eigenvalue weighted by atomic mass is 9.98. The molecule has 3 aromatic rings. The minimum Gasteiger partial charge on any atom is -0.393 e. The smallest absolute Gasteiger partial charge is 0.333 e. The van der Waals surface area contributed by atoms with Gasteiger partial charge in [-0.05, 0) is 43.9 Å². The molecule has 14 heteroatoms. The van der Waals surface area contributed by atoms with Gasteiger partial charge in [0.25, 0.3) is 0 Å². The molecule has 38 heavy (non-hydrogen) atoms. The summed E-state index contributed by atoms with van der Waals surface area (Å²) in [5.74, 6) is -0.361. The lowest BCUT2D eigenvalue weighted by molar-refractivity contribution is 0.0663. The summed E-state index contributed by atoms with van der Waals surface area (Å²) in [6.07, 6.45) is 3.05. The van der Waals surface area contributed by atoms with Crippen LogP contribution in [0.3, 0.4) is 0 Å². The van der Waals surface area contributed by atoms with E-state index < -0.39 is 28.4 Å². The van der Waals surface area contributed by atoms with Crippen molar-refractivity contribution in [3.63, 3.8) is 0 Å². The molecule has 0 amide bonds. The second-order valence-electron chi connectivity index (χ2n) is 9.33. The van der Waals surface area contributed by atoms with Crippen molar-refractivity contribution in [3.05, 3.63) is 68.0 Å². The zero-order valence-electron chi connectivity index (χ0n) is 20.3. The molecule has 1 fully saturated rings. The number of ketones is 1. The number of nitrogens with two attached hydrogens (primary N) is 1. The average Bonchev–Trinajstić information content (AvgIpc) is 3.43. The Hall–Kier alpha value is -2.52. The number of aryl methyl sites for hydroxylation is 1. The number of pyridine rings is 1. The van der Waals surface area contributed by atoms with Gasteiger partial charge in [0.2, 0.25) is 5.78 Å². The van der Waals surface area contributed by atoms with Crippen LogP contribution < -0.4 is 10.5 Å². The Morgan fingerprint density at radius 3 is 2.97 bits per heavy atom. The van der Waals surface area contributed by atoms with E-state index in [9.17, 15) is 18.3 Å². The Bertz CT molecular complexity index is 1470. The van der Waals surface area contributed by atoms with E-state index in [1.54, 1.807) is 6.07 Å². The molecule has 4 heterocycles. The Morgan fingerprint density at radius 2 is 2.18 bits per heavy atom. The second kappa shape index (κ2) is 10.9. The molecule has 1 saturated carbocycles. The molecule has 0 bridgehead atoms. The highest BCUT2D eigenvalue weighted by atomic mass is 35.5. The summed E-state index contributed by atoms with van der Waals surface area (Å²) in [6.45, 7) is 2.25. The van der Waals surface area contributed by atoms with E-state index in [0.29, 0.717) is 35.3 Å². The number of aromatic nitrogens is 3. The Balaban J connectivity index is 1.35.